The molecule has 1 aliphatic heterocycles. The Morgan fingerprint density at radius 3 is 2.96 bits per heavy atom. The molecule has 3 aliphatic rings. The molecule has 0 amide bonds. The second-order valence-corrected chi connectivity index (χ2v) is 9.28. The first-order chi connectivity index (χ1) is 11.7. The first-order valence-corrected chi connectivity index (χ1v) is 10.1. The van der Waals surface area contributed by atoms with Crippen LogP contribution in [-0.4, -0.2) is 22.5 Å². The summed E-state index contributed by atoms with van der Waals surface area (Å²) < 4.78 is 5.32. The number of H-pyrrole nitrogens is 1. The lowest BCUT2D eigenvalue weighted by Crippen LogP contribution is -2.33. The van der Waals surface area contributed by atoms with Crippen LogP contribution in [0.15, 0.2) is 28.0 Å². The van der Waals surface area contributed by atoms with Crippen LogP contribution in [0.3, 0.4) is 0 Å². The van der Waals surface area contributed by atoms with Crippen molar-refractivity contribution in [1.82, 2.24) is 4.98 Å². The van der Waals surface area contributed by atoms with Gasteiger partial charge in [0, 0.05) is 21.6 Å². The van der Waals surface area contributed by atoms with Gasteiger partial charge in [0.05, 0.1) is 12.1 Å². The summed E-state index contributed by atoms with van der Waals surface area (Å²) in [6.45, 7) is 0. The number of hydrogen-bond donors (Lipinski definition) is 2. The largest absolute Gasteiger partial charge is 0.504 e. The molecule has 2 aliphatic carbocycles. The number of phenols is 1. The molecular formula is C18H19NO3S2. The number of nitrogens with one attached hydrogen (secondary N) is 1. The summed E-state index contributed by atoms with van der Waals surface area (Å²) in [5, 5.41) is 12.3. The summed E-state index contributed by atoms with van der Waals surface area (Å²) in [7, 11) is 1.58. The van der Waals surface area contributed by atoms with Crippen LogP contribution in [0.4, 0.5) is 0 Å². The van der Waals surface area contributed by atoms with Crippen LogP contribution < -0.4 is 9.61 Å². The number of phenolic OH excluding ortho intramolecular Hbond substituents is 1. The molecule has 1 aromatic heterocycles. The Balaban J connectivity index is 1.71. The van der Waals surface area contributed by atoms with E-state index < -0.39 is 0 Å². The number of fused-ring (bicyclic) bond motifs is 6. The monoisotopic (exact) mass is 361 g/mol. The molecule has 0 saturated heterocycles. The maximum atomic E-state index is 12.0. The number of para-hydroxylation sites is 1. The summed E-state index contributed by atoms with van der Waals surface area (Å²) in [6, 6.07) is 5.72. The van der Waals surface area contributed by atoms with E-state index in [1.165, 1.54) is 30.6 Å². The number of methoxy groups -OCH3 is 1. The van der Waals surface area contributed by atoms with Crippen molar-refractivity contribution in [2.24, 2.45) is 17.8 Å². The highest BCUT2D eigenvalue weighted by molar-refractivity contribution is 8.00. The van der Waals surface area contributed by atoms with Crippen LogP contribution in [0.5, 0.6) is 11.5 Å². The predicted molar refractivity (Wildman–Crippen MR) is 95.4 cm³/mol. The van der Waals surface area contributed by atoms with Crippen molar-refractivity contribution in [2.75, 3.05) is 7.11 Å². The van der Waals surface area contributed by atoms with Crippen molar-refractivity contribution in [3.8, 4) is 11.5 Å². The molecule has 2 heterocycles. The highest BCUT2D eigenvalue weighted by Crippen LogP contribution is 2.64. The van der Waals surface area contributed by atoms with Crippen molar-refractivity contribution in [1.29, 1.82) is 0 Å². The van der Waals surface area contributed by atoms with Crippen LogP contribution in [0, 0.1) is 17.8 Å². The Hall–Kier alpha value is -1.40. The summed E-state index contributed by atoms with van der Waals surface area (Å²) in [6.07, 6.45) is 3.88. The zero-order chi connectivity index (χ0) is 16.4. The Kier molecular flexibility index (Phi) is 3.29. The molecule has 5 atom stereocenters. The van der Waals surface area contributed by atoms with Crippen LogP contribution in [0.2, 0.25) is 0 Å². The number of hydrogen-bond acceptors (Lipinski definition) is 5. The first kappa shape index (κ1) is 14.9. The summed E-state index contributed by atoms with van der Waals surface area (Å²) in [5.74, 6) is 2.79. The number of thioether (sulfide) groups is 1. The molecule has 4 nitrogen and oxygen atoms in total. The average molecular weight is 361 g/mol. The van der Waals surface area contributed by atoms with Gasteiger partial charge in [0.1, 0.15) is 0 Å². The Labute approximate surface area is 148 Å². The van der Waals surface area contributed by atoms with Gasteiger partial charge in [0.2, 0.25) is 0 Å². The minimum atomic E-state index is 0.00667. The zero-order valence-corrected chi connectivity index (χ0v) is 15.0. The number of aromatic hydroxyl groups is 1. The van der Waals surface area contributed by atoms with E-state index in [-0.39, 0.29) is 16.5 Å². The summed E-state index contributed by atoms with van der Waals surface area (Å²) in [4.78, 5) is 16.1. The molecule has 0 spiro atoms. The second kappa shape index (κ2) is 5.30. The first-order valence-electron chi connectivity index (χ1n) is 8.43. The van der Waals surface area contributed by atoms with Crippen molar-refractivity contribution in [3.63, 3.8) is 0 Å². The van der Waals surface area contributed by atoms with Crippen LogP contribution in [0.25, 0.3) is 0 Å². The molecule has 2 aromatic rings. The minimum Gasteiger partial charge on any atom is -0.504 e. The van der Waals surface area contributed by atoms with Gasteiger partial charge in [-0.2, -0.15) is 0 Å². The Morgan fingerprint density at radius 2 is 2.12 bits per heavy atom. The molecule has 5 rings (SSSR count). The van der Waals surface area contributed by atoms with Crippen molar-refractivity contribution < 1.29 is 9.84 Å². The van der Waals surface area contributed by atoms with Crippen LogP contribution in [0.1, 0.15) is 35.6 Å². The number of aromatic nitrogens is 1. The molecule has 24 heavy (non-hydrogen) atoms. The van der Waals surface area contributed by atoms with Crippen LogP contribution >= 0.6 is 23.1 Å². The van der Waals surface area contributed by atoms with Crippen molar-refractivity contribution in [2.45, 2.75) is 35.5 Å². The maximum Gasteiger partial charge on any atom is 0.305 e. The van der Waals surface area contributed by atoms with Gasteiger partial charge in [-0.15, -0.1) is 11.8 Å². The topological polar surface area (TPSA) is 62.3 Å². The van der Waals surface area contributed by atoms with E-state index in [1.54, 1.807) is 13.2 Å². The molecule has 2 bridgehead atoms. The van der Waals surface area contributed by atoms with E-state index in [9.17, 15) is 9.90 Å². The van der Waals surface area contributed by atoms with Gasteiger partial charge >= 0.3 is 4.87 Å². The zero-order valence-electron chi connectivity index (χ0n) is 13.3. The standard InChI is InChI=1S/C18H19NO3S2/c1-22-11-4-2-3-10(14(11)20)13-12-8-5-6-9(7-8)15(12)23-17-16(13)24-18(21)19-17/h2-4,8-9,12-13,15,20H,5-7H2,1H3,(H,19,21)/t8-,9-,12-,13-,15+/m0/s1. The fourth-order valence-electron chi connectivity index (χ4n) is 5.15. The fourth-order valence-corrected chi connectivity index (χ4v) is 8.04. The van der Waals surface area contributed by atoms with Gasteiger partial charge in [0.25, 0.3) is 0 Å². The van der Waals surface area contributed by atoms with Gasteiger partial charge in [0.15, 0.2) is 11.5 Å². The van der Waals surface area contributed by atoms with Gasteiger partial charge in [-0.3, -0.25) is 4.79 Å². The van der Waals surface area contributed by atoms with Gasteiger partial charge < -0.3 is 14.8 Å². The SMILES string of the molecule is COc1cccc([C@@H]2c3sc(=O)[nH]c3S[C@@H]3[C@H]4CC[C@@H](C4)[C@@H]23)c1O. The lowest BCUT2D eigenvalue weighted by molar-refractivity contribution is 0.300. The molecule has 2 saturated carbocycles. The molecule has 6 heteroatoms. The highest BCUT2D eigenvalue weighted by Gasteiger charge is 2.55. The third-order valence-electron chi connectivity index (χ3n) is 6.05. The summed E-state index contributed by atoms with van der Waals surface area (Å²) >= 11 is 3.18. The van der Waals surface area contributed by atoms with Crippen molar-refractivity contribution in [3.05, 3.63) is 38.3 Å². The fraction of sp³-hybridized carbons (Fsp3) is 0.500. The Morgan fingerprint density at radius 1 is 1.29 bits per heavy atom. The van der Waals surface area contributed by atoms with E-state index in [0.29, 0.717) is 22.8 Å². The number of aromatic amines is 1. The number of rotatable bonds is 2. The lowest BCUT2D eigenvalue weighted by Gasteiger charge is -2.40. The minimum absolute atomic E-state index is 0.00667. The third-order valence-corrected chi connectivity index (χ3v) is 8.67. The van der Waals surface area contributed by atoms with Gasteiger partial charge in [-0.05, 0) is 43.1 Å². The van der Waals surface area contributed by atoms with E-state index in [2.05, 4.69) is 4.98 Å². The van der Waals surface area contributed by atoms with E-state index in [4.69, 9.17) is 4.74 Å². The molecular weight excluding hydrogens is 342 g/mol. The quantitative estimate of drug-likeness (QED) is 0.854. The molecule has 2 N–H and O–H groups in total. The highest BCUT2D eigenvalue weighted by atomic mass is 32.2. The van der Waals surface area contributed by atoms with E-state index >= 15 is 0 Å². The molecule has 0 unspecified atom stereocenters. The second-order valence-electron chi connectivity index (χ2n) is 7.08. The lowest BCUT2D eigenvalue weighted by atomic mass is 9.74. The number of benzene rings is 1. The normalized spacial score (nSPS) is 33.3. The van der Waals surface area contributed by atoms with E-state index in [1.807, 2.05) is 23.9 Å². The van der Waals surface area contributed by atoms with Crippen molar-refractivity contribution >= 4 is 23.1 Å². The molecule has 1 aromatic carbocycles. The molecule has 126 valence electrons. The molecule has 2 fully saturated rings. The smallest absolute Gasteiger partial charge is 0.305 e. The predicted octanol–water partition coefficient (Wildman–Crippen LogP) is 3.80. The van der Waals surface area contributed by atoms with E-state index in [0.717, 1.165) is 21.4 Å². The average Bonchev–Trinajstić information content (AvgIpc) is 3.26. The number of ether oxygens (including phenoxy) is 1. The Bertz CT molecular complexity index is 858. The molecule has 0 radical (unpaired) electrons. The van der Waals surface area contributed by atoms with Crippen LogP contribution in [-0.2, 0) is 0 Å². The summed E-state index contributed by atoms with van der Waals surface area (Å²) in [5.41, 5.74) is 0.911. The van der Waals surface area contributed by atoms with Gasteiger partial charge in [-0.1, -0.05) is 23.5 Å². The number of thiazole rings is 1. The maximum absolute atomic E-state index is 12.0. The third kappa shape index (κ3) is 1.96. The van der Waals surface area contributed by atoms with Gasteiger partial charge in [-0.25, -0.2) is 0 Å².